The second-order valence-corrected chi connectivity index (χ2v) is 5.78. The van der Waals surface area contributed by atoms with E-state index >= 15 is 0 Å². The highest BCUT2D eigenvalue weighted by Crippen LogP contribution is 2.21. The lowest BCUT2D eigenvalue weighted by Crippen LogP contribution is -2.17. The van der Waals surface area contributed by atoms with E-state index in [-0.39, 0.29) is 18.0 Å². The van der Waals surface area contributed by atoms with Crippen molar-refractivity contribution in [2.24, 2.45) is 0 Å². The maximum Gasteiger partial charge on any atom is 0.270 e. The van der Waals surface area contributed by atoms with Crippen LogP contribution >= 0.6 is 0 Å². The minimum absolute atomic E-state index is 0.0291. The molecule has 3 aromatic rings. The second-order valence-electron chi connectivity index (χ2n) is 5.78. The molecule has 8 nitrogen and oxygen atoms in total. The van der Waals surface area contributed by atoms with E-state index in [1.807, 2.05) is 13.0 Å². The summed E-state index contributed by atoms with van der Waals surface area (Å²) < 4.78 is 0. The highest BCUT2D eigenvalue weighted by Gasteiger charge is 2.08. The van der Waals surface area contributed by atoms with Crippen molar-refractivity contribution in [1.29, 1.82) is 0 Å². The number of aryl methyl sites for hydroxylation is 1. The molecule has 0 atom stereocenters. The lowest BCUT2D eigenvalue weighted by Gasteiger charge is -2.07. The van der Waals surface area contributed by atoms with Crippen LogP contribution in [0.4, 0.5) is 17.3 Å². The zero-order valence-corrected chi connectivity index (χ0v) is 14.1. The standard InChI is InChI=1S/C18H17N5O3/c1-12-2-6-17(20-11-12)22-18(24)8-9-19-16-7-3-13-10-14(23(25)26)4-5-15(13)21-16/h2-7,10-11H,8-9H2,1H3,(H,19,21)(H,20,22,24). The number of nitrogens with one attached hydrogen (secondary N) is 2. The Morgan fingerprint density at radius 3 is 2.69 bits per heavy atom. The summed E-state index contributed by atoms with van der Waals surface area (Å²) in [5, 5.41) is 17.3. The van der Waals surface area contributed by atoms with Crippen LogP contribution in [0.2, 0.25) is 0 Å². The van der Waals surface area contributed by atoms with Crippen LogP contribution in [0.25, 0.3) is 10.9 Å². The van der Waals surface area contributed by atoms with E-state index in [4.69, 9.17) is 0 Å². The van der Waals surface area contributed by atoms with E-state index in [1.165, 1.54) is 12.1 Å². The van der Waals surface area contributed by atoms with Gasteiger partial charge in [0.05, 0.1) is 10.4 Å². The Kier molecular flexibility index (Phi) is 5.02. The van der Waals surface area contributed by atoms with Gasteiger partial charge < -0.3 is 10.6 Å². The first-order chi connectivity index (χ1) is 12.5. The zero-order chi connectivity index (χ0) is 18.5. The molecule has 1 amide bonds. The normalized spacial score (nSPS) is 10.5. The van der Waals surface area contributed by atoms with Gasteiger partial charge in [-0.05, 0) is 36.8 Å². The van der Waals surface area contributed by atoms with Crippen molar-refractivity contribution in [3.05, 3.63) is 64.3 Å². The molecule has 2 N–H and O–H groups in total. The zero-order valence-electron chi connectivity index (χ0n) is 14.1. The predicted molar refractivity (Wildman–Crippen MR) is 99.1 cm³/mol. The van der Waals surface area contributed by atoms with Crippen molar-refractivity contribution in [2.75, 3.05) is 17.2 Å². The highest BCUT2D eigenvalue weighted by atomic mass is 16.6. The van der Waals surface area contributed by atoms with Crippen molar-refractivity contribution < 1.29 is 9.72 Å². The molecule has 8 heteroatoms. The molecule has 2 aromatic heterocycles. The van der Waals surface area contributed by atoms with Gasteiger partial charge >= 0.3 is 0 Å². The number of rotatable bonds is 6. The van der Waals surface area contributed by atoms with Crippen LogP contribution in [0.15, 0.2) is 48.7 Å². The average molecular weight is 351 g/mol. The molecular weight excluding hydrogens is 334 g/mol. The fourth-order valence-corrected chi connectivity index (χ4v) is 2.38. The molecule has 0 radical (unpaired) electrons. The summed E-state index contributed by atoms with van der Waals surface area (Å²) in [4.78, 5) is 30.8. The fraction of sp³-hybridized carbons (Fsp3) is 0.167. The lowest BCUT2D eigenvalue weighted by molar-refractivity contribution is -0.384. The van der Waals surface area contributed by atoms with Gasteiger partial charge in [0.1, 0.15) is 11.6 Å². The van der Waals surface area contributed by atoms with Gasteiger partial charge in [-0.3, -0.25) is 14.9 Å². The summed E-state index contributed by atoms with van der Waals surface area (Å²) in [5.41, 5.74) is 1.70. The number of anilines is 2. The summed E-state index contributed by atoms with van der Waals surface area (Å²) in [5.74, 6) is 0.976. The molecule has 0 aliphatic rings. The summed E-state index contributed by atoms with van der Waals surface area (Å²) >= 11 is 0. The number of nitro benzene ring substituents is 1. The second kappa shape index (κ2) is 7.56. The van der Waals surface area contributed by atoms with Crippen LogP contribution in [0, 0.1) is 17.0 Å². The van der Waals surface area contributed by atoms with Crippen LogP contribution in [0.3, 0.4) is 0 Å². The third-order valence-corrected chi connectivity index (χ3v) is 3.72. The van der Waals surface area contributed by atoms with Crippen molar-refractivity contribution in [1.82, 2.24) is 9.97 Å². The lowest BCUT2D eigenvalue weighted by atomic mass is 10.2. The third-order valence-electron chi connectivity index (χ3n) is 3.72. The van der Waals surface area contributed by atoms with Crippen molar-refractivity contribution in [3.8, 4) is 0 Å². The fourth-order valence-electron chi connectivity index (χ4n) is 2.38. The molecule has 0 aliphatic heterocycles. The number of carbonyl (C=O) groups is 1. The molecule has 3 rings (SSSR count). The maximum absolute atomic E-state index is 11.9. The number of amides is 1. The van der Waals surface area contributed by atoms with Gasteiger partial charge in [0, 0.05) is 36.7 Å². The van der Waals surface area contributed by atoms with Crippen LogP contribution in [0.5, 0.6) is 0 Å². The Balaban J connectivity index is 1.55. The number of hydrogen-bond acceptors (Lipinski definition) is 6. The monoisotopic (exact) mass is 351 g/mol. The van der Waals surface area contributed by atoms with Crippen molar-refractivity contribution in [2.45, 2.75) is 13.3 Å². The molecule has 0 spiro atoms. The minimum Gasteiger partial charge on any atom is -0.370 e. The molecule has 0 unspecified atom stereocenters. The number of hydrogen-bond donors (Lipinski definition) is 2. The van der Waals surface area contributed by atoms with Crippen molar-refractivity contribution >= 4 is 34.1 Å². The number of benzene rings is 1. The molecule has 0 aliphatic carbocycles. The third kappa shape index (κ3) is 4.29. The van der Waals surface area contributed by atoms with Gasteiger partial charge in [0.2, 0.25) is 5.91 Å². The van der Waals surface area contributed by atoms with E-state index in [0.29, 0.717) is 29.1 Å². The molecule has 1 aromatic carbocycles. The van der Waals surface area contributed by atoms with E-state index in [1.54, 1.807) is 30.5 Å². The number of aromatic nitrogens is 2. The SMILES string of the molecule is Cc1ccc(NC(=O)CCNc2ccc3cc([N+](=O)[O-])ccc3n2)nc1. The first-order valence-electron chi connectivity index (χ1n) is 8.03. The minimum atomic E-state index is -0.437. The summed E-state index contributed by atoms with van der Waals surface area (Å²) in [6.07, 6.45) is 1.95. The maximum atomic E-state index is 11.9. The molecule has 2 heterocycles. The molecule has 26 heavy (non-hydrogen) atoms. The Bertz CT molecular complexity index is 957. The summed E-state index contributed by atoms with van der Waals surface area (Å²) in [6, 6.07) is 11.6. The molecule has 132 valence electrons. The predicted octanol–water partition coefficient (Wildman–Crippen LogP) is 3.29. The largest absolute Gasteiger partial charge is 0.370 e. The van der Waals surface area contributed by atoms with Crippen LogP contribution < -0.4 is 10.6 Å². The summed E-state index contributed by atoms with van der Waals surface area (Å²) in [7, 11) is 0. The van der Waals surface area contributed by atoms with Crippen LogP contribution in [-0.4, -0.2) is 27.3 Å². The van der Waals surface area contributed by atoms with E-state index in [2.05, 4.69) is 20.6 Å². The number of nitro groups is 1. The van der Waals surface area contributed by atoms with Gasteiger partial charge in [0.25, 0.3) is 5.69 Å². The number of carbonyl (C=O) groups excluding carboxylic acids is 1. The number of pyridine rings is 2. The molecule has 0 saturated heterocycles. The van der Waals surface area contributed by atoms with Gasteiger partial charge in [-0.25, -0.2) is 9.97 Å². The number of fused-ring (bicyclic) bond motifs is 1. The first-order valence-corrected chi connectivity index (χ1v) is 8.03. The topological polar surface area (TPSA) is 110 Å². The Labute approximate surface area is 149 Å². The van der Waals surface area contributed by atoms with Gasteiger partial charge in [-0.1, -0.05) is 6.07 Å². The first kappa shape index (κ1) is 17.3. The molecule has 0 saturated carbocycles. The van der Waals surface area contributed by atoms with E-state index < -0.39 is 4.92 Å². The number of non-ortho nitro benzene ring substituents is 1. The van der Waals surface area contributed by atoms with Gasteiger partial charge in [-0.2, -0.15) is 0 Å². The smallest absolute Gasteiger partial charge is 0.270 e. The Morgan fingerprint density at radius 1 is 1.15 bits per heavy atom. The average Bonchev–Trinajstić information content (AvgIpc) is 2.63. The molecule has 0 bridgehead atoms. The van der Waals surface area contributed by atoms with Crippen molar-refractivity contribution in [3.63, 3.8) is 0 Å². The Hall–Kier alpha value is -3.55. The Morgan fingerprint density at radius 2 is 1.96 bits per heavy atom. The van der Waals surface area contributed by atoms with Crippen LogP contribution in [0.1, 0.15) is 12.0 Å². The van der Waals surface area contributed by atoms with Gasteiger partial charge in [0.15, 0.2) is 0 Å². The van der Waals surface area contributed by atoms with Crippen LogP contribution in [-0.2, 0) is 4.79 Å². The van der Waals surface area contributed by atoms with E-state index in [0.717, 1.165) is 5.56 Å². The van der Waals surface area contributed by atoms with Gasteiger partial charge in [-0.15, -0.1) is 0 Å². The quantitative estimate of drug-likeness (QED) is 0.521. The number of nitrogens with zero attached hydrogens (tertiary/aromatic N) is 3. The molecular formula is C18H17N5O3. The molecule has 0 fully saturated rings. The summed E-state index contributed by atoms with van der Waals surface area (Å²) in [6.45, 7) is 2.33. The van der Waals surface area contributed by atoms with E-state index in [9.17, 15) is 14.9 Å². The highest BCUT2D eigenvalue weighted by molar-refractivity contribution is 5.90.